The quantitative estimate of drug-likeness (QED) is 0.0119. The van der Waals surface area contributed by atoms with E-state index in [9.17, 15) is 9.90 Å². The Bertz CT molecular complexity index is 927. The normalized spacial score (nSPS) is 12.4. The fourth-order valence-electron chi connectivity index (χ4n) is 7.67. The molecule has 0 amide bonds. The molecule has 1 atom stereocenters. The molecule has 0 saturated heterocycles. The highest BCUT2D eigenvalue weighted by atomic mass is 16.6. The van der Waals surface area contributed by atoms with Crippen LogP contribution in [0.2, 0.25) is 0 Å². The summed E-state index contributed by atoms with van der Waals surface area (Å²) in [4.78, 5) is 21.2. The van der Waals surface area contributed by atoms with Gasteiger partial charge in [0.05, 0.1) is 12.7 Å². The molecule has 342 valence electrons. The molecular weight excluding hydrogens is 723 g/mol. The Morgan fingerprint density at radius 2 is 1.03 bits per heavy atom. The zero-order valence-corrected chi connectivity index (χ0v) is 39.2. The zero-order valence-electron chi connectivity index (χ0n) is 39.2. The summed E-state index contributed by atoms with van der Waals surface area (Å²) < 4.78 is 11.7. The first-order valence-corrected chi connectivity index (χ1v) is 25.0. The number of nitrogens with zero attached hydrogens (tertiary/aromatic N) is 4. The molecule has 0 aromatic heterocycles. The fraction of sp³-hybridized carbons (Fsp3) is 0.939. The predicted octanol–water partition coefficient (Wildman–Crippen LogP) is 12.8. The van der Waals surface area contributed by atoms with E-state index in [0.717, 1.165) is 90.3 Å². The first-order chi connectivity index (χ1) is 28.4. The first kappa shape index (κ1) is 56.1. The molecule has 0 saturated carbocycles. The molecule has 0 bridgehead atoms. The molecule has 0 rings (SSSR count). The maximum atomic E-state index is 12.1. The Balaban J connectivity index is 4.50. The van der Waals surface area contributed by atoms with Crippen molar-refractivity contribution in [1.29, 1.82) is 5.26 Å². The SMILES string of the molecule is CCCCCCCCCOC(=O)CCCCCCCN(CCCCCCCC(O)OC(CCCCCCCC)CCCCCCCC)CCCN=C(NC#N)N(C)C. The maximum absolute atomic E-state index is 12.1. The monoisotopic (exact) mass is 820 g/mol. The van der Waals surface area contributed by atoms with Crippen molar-refractivity contribution in [1.82, 2.24) is 15.1 Å². The van der Waals surface area contributed by atoms with Crippen molar-refractivity contribution in [3.05, 3.63) is 0 Å². The van der Waals surface area contributed by atoms with E-state index in [4.69, 9.17) is 14.7 Å². The highest BCUT2D eigenvalue weighted by Crippen LogP contribution is 2.20. The van der Waals surface area contributed by atoms with Gasteiger partial charge in [0.2, 0.25) is 5.96 Å². The molecule has 1 unspecified atom stereocenters. The number of nitriles is 1. The van der Waals surface area contributed by atoms with Crippen LogP contribution in [-0.2, 0) is 14.3 Å². The van der Waals surface area contributed by atoms with Crippen molar-refractivity contribution in [3.63, 3.8) is 0 Å². The summed E-state index contributed by atoms with van der Waals surface area (Å²) in [6.45, 7) is 11.2. The molecule has 0 aliphatic carbocycles. The zero-order chi connectivity index (χ0) is 42.6. The third-order valence-corrected chi connectivity index (χ3v) is 11.4. The van der Waals surface area contributed by atoms with E-state index in [1.165, 1.54) is 141 Å². The summed E-state index contributed by atoms with van der Waals surface area (Å²) in [7, 11) is 3.80. The highest BCUT2D eigenvalue weighted by Gasteiger charge is 2.15. The molecule has 0 radical (unpaired) electrons. The number of esters is 1. The van der Waals surface area contributed by atoms with Crippen LogP contribution in [0.4, 0.5) is 0 Å². The van der Waals surface area contributed by atoms with Crippen molar-refractivity contribution < 1.29 is 19.4 Å². The molecule has 0 fully saturated rings. The van der Waals surface area contributed by atoms with E-state index in [1.807, 2.05) is 25.2 Å². The Labute approximate surface area is 360 Å². The third-order valence-electron chi connectivity index (χ3n) is 11.4. The van der Waals surface area contributed by atoms with Gasteiger partial charge in [-0.05, 0) is 77.4 Å². The van der Waals surface area contributed by atoms with Gasteiger partial charge >= 0.3 is 5.97 Å². The number of guanidine groups is 1. The number of hydrogen-bond donors (Lipinski definition) is 2. The van der Waals surface area contributed by atoms with Crippen LogP contribution in [0.1, 0.15) is 239 Å². The minimum Gasteiger partial charge on any atom is -0.466 e. The van der Waals surface area contributed by atoms with Crippen molar-refractivity contribution in [2.24, 2.45) is 4.99 Å². The summed E-state index contributed by atoms with van der Waals surface area (Å²) in [6, 6.07) is 0. The molecule has 0 aliphatic heterocycles. The molecule has 9 nitrogen and oxygen atoms in total. The van der Waals surface area contributed by atoms with Crippen LogP contribution in [0.25, 0.3) is 0 Å². The van der Waals surface area contributed by atoms with Crippen LogP contribution >= 0.6 is 0 Å². The molecule has 0 aromatic carbocycles. The van der Waals surface area contributed by atoms with Gasteiger partial charge in [-0.2, -0.15) is 5.26 Å². The summed E-state index contributed by atoms with van der Waals surface area (Å²) in [6.07, 6.45) is 41.5. The van der Waals surface area contributed by atoms with E-state index in [-0.39, 0.29) is 12.1 Å². The van der Waals surface area contributed by atoms with Gasteiger partial charge in [0, 0.05) is 27.1 Å². The van der Waals surface area contributed by atoms with E-state index >= 15 is 0 Å². The van der Waals surface area contributed by atoms with Crippen LogP contribution in [0, 0.1) is 11.5 Å². The molecule has 58 heavy (non-hydrogen) atoms. The predicted molar refractivity (Wildman–Crippen MR) is 247 cm³/mol. The van der Waals surface area contributed by atoms with Crippen LogP contribution in [0.3, 0.4) is 0 Å². The Morgan fingerprint density at radius 3 is 1.53 bits per heavy atom. The average Bonchev–Trinajstić information content (AvgIpc) is 3.21. The third kappa shape index (κ3) is 39.6. The molecule has 0 spiro atoms. The van der Waals surface area contributed by atoms with Crippen molar-refractivity contribution in [2.75, 3.05) is 46.9 Å². The van der Waals surface area contributed by atoms with Gasteiger partial charge in [0.25, 0.3) is 0 Å². The number of aliphatic hydroxyl groups excluding tert-OH is 1. The fourth-order valence-corrected chi connectivity index (χ4v) is 7.67. The Morgan fingerprint density at radius 1 is 0.603 bits per heavy atom. The largest absolute Gasteiger partial charge is 0.466 e. The average molecular weight is 820 g/mol. The van der Waals surface area contributed by atoms with Gasteiger partial charge in [0.1, 0.15) is 0 Å². The minimum absolute atomic E-state index is 0.0297. The molecule has 0 heterocycles. The van der Waals surface area contributed by atoms with Crippen molar-refractivity contribution in [2.45, 2.75) is 251 Å². The van der Waals surface area contributed by atoms with Gasteiger partial charge in [-0.15, -0.1) is 0 Å². The molecular formula is C49H97N5O4. The molecule has 9 heteroatoms. The maximum Gasteiger partial charge on any atom is 0.305 e. The molecule has 2 N–H and O–H groups in total. The number of nitrogens with one attached hydrogen (secondary N) is 1. The van der Waals surface area contributed by atoms with Crippen LogP contribution in [0.15, 0.2) is 4.99 Å². The smallest absolute Gasteiger partial charge is 0.305 e. The lowest BCUT2D eigenvalue weighted by molar-refractivity contribution is -0.144. The summed E-state index contributed by atoms with van der Waals surface area (Å²) in [5, 5.41) is 22.5. The van der Waals surface area contributed by atoms with Gasteiger partial charge in [0.15, 0.2) is 12.5 Å². The van der Waals surface area contributed by atoms with Gasteiger partial charge in [-0.1, -0.05) is 175 Å². The van der Waals surface area contributed by atoms with Crippen molar-refractivity contribution >= 4 is 11.9 Å². The van der Waals surface area contributed by atoms with Crippen LogP contribution in [-0.4, -0.2) is 86.1 Å². The Hall–Kier alpha value is -1.89. The Kier molecular flexibility index (Phi) is 43.2. The van der Waals surface area contributed by atoms with Crippen LogP contribution in [0.5, 0.6) is 0 Å². The second-order valence-electron chi connectivity index (χ2n) is 17.3. The van der Waals surface area contributed by atoms with Crippen LogP contribution < -0.4 is 5.32 Å². The number of carbonyl (C=O) groups is 1. The number of rotatable bonds is 44. The topological polar surface area (TPSA) is 110 Å². The number of aliphatic imine (C=N–C) groups is 1. The number of hydrogen-bond acceptors (Lipinski definition) is 7. The lowest BCUT2D eigenvalue weighted by Gasteiger charge is -2.23. The number of carbonyl (C=O) groups excluding carboxylic acids is 1. The minimum atomic E-state index is -0.631. The number of ether oxygens (including phenoxy) is 2. The number of aliphatic hydroxyl groups is 1. The lowest BCUT2D eigenvalue weighted by atomic mass is 10.0. The van der Waals surface area contributed by atoms with Gasteiger partial charge in [-0.3, -0.25) is 15.1 Å². The summed E-state index contributed by atoms with van der Waals surface area (Å²) >= 11 is 0. The standard InChI is InChI=1S/C49H97N5O4/c1-6-9-12-15-18-27-34-44-57-47(55)38-30-23-19-25-32-41-54(43-35-40-51-49(52-45-50)53(4)5)42-33-26-20-24-31-39-48(56)58-46(36-28-21-16-13-10-7-2)37-29-22-17-14-11-8-3/h46,48,56H,6-44H2,1-5H3,(H,51,52). The number of unbranched alkanes of at least 4 members (excludes halogenated alkanes) is 24. The van der Waals surface area contributed by atoms with Crippen molar-refractivity contribution in [3.8, 4) is 6.19 Å². The molecule has 0 aliphatic rings. The van der Waals surface area contributed by atoms with E-state index in [2.05, 4.69) is 36.0 Å². The summed E-state index contributed by atoms with van der Waals surface area (Å²) in [5.41, 5.74) is 0. The first-order valence-electron chi connectivity index (χ1n) is 25.0. The molecule has 0 aromatic rings. The van der Waals surface area contributed by atoms with Gasteiger partial charge in [-0.25, -0.2) is 0 Å². The van der Waals surface area contributed by atoms with E-state index < -0.39 is 6.29 Å². The summed E-state index contributed by atoms with van der Waals surface area (Å²) in [5.74, 6) is 0.579. The second kappa shape index (κ2) is 44.7. The van der Waals surface area contributed by atoms with Gasteiger partial charge < -0.3 is 24.4 Å². The van der Waals surface area contributed by atoms with E-state index in [0.29, 0.717) is 25.5 Å². The lowest BCUT2D eigenvalue weighted by Crippen LogP contribution is -2.34. The van der Waals surface area contributed by atoms with E-state index in [1.54, 1.807) is 0 Å². The second-order valence-corrected chi connectivity index (χ2v) is 17.3. The highest BCUT2D eigenvalue weighted by molar-refractivity contribution is 5.80.